The molecule has 3 fully saturated rings. The number of para-hydroxylation sites is 2. The number of hydrogen-bond acceptors (Lipinski definition) is 28. The number of nitrogens with zero attached hydrogens (tertiary/aromatic N) is 2. The van der Waals surface area contributed by atoms with Crippen LogP contribution in [0.3, 0.4) is 0 Å². The molecule has 11 aromatic rings. The summed E-state index contributed by atoms with van der Waals surface area (Å²) < 4.78 is 103. The fraction of sp³-hybridized carbons (Fsp3) is 0.257. The molecule has 1 unspecified atom stereocenters. The second-order valence-electron chi connectivity index (χ2n) is 30.0. The van der Waals surface area contributed by atoms with Crippen molar-refractivity contribution in [3.8, 4) is 0 Å². The predicted molar refractivity (Wildman–Crippen MR) is 466 cm³/mol. The molecule has 14 atom stereocenters. The highest BCUT2D eigenvalue weighted by Gasteiger charge is 2.56. The highest BCUT2D eigenvalue weighted by atomic mass is 16.7. The second-order valence-corrected chi connectivity index (χ2v) is 30.0. The van der Waals surface area contributed by atoms with E-state index in [1.54, 1.807) is 164 Å². The van der Waals surface area contributed by atoms with E-state index in [1.807, 2.05) is 60.7 Å². The normalized spacial score (nSPS) is 19.9. The molecule has 0 aliphatic carbocycles. The van der Waals surface area contributed by atoms with Gasteiger partial charge in [0.1, 0.15) is 56.7 Å². The lowest BCUT2D eigenvalue weighted by Gasteiger charge is -2.47. The van der Waals surface area contributed by atoms with Crippen molar-refractivity contribution in [1.29, 1.82) is 0 Å². The first-order valence-electron chi connectivity index (χ1n) is 42.0. The number of aliphatic hydroxyl groups excluding tert-OH is 1. The highest BCUT2D eigenvalue weighted by Crippen LogP contribution is 2.37. The number of aliphatic hydroxyl groups is 1. The number of rotatable bonds is 39. The van der Waals surface area contributed by atoms with E-state index in [4.69, 9.17) is 75.8 Å². The molecule has 0 radical (unpaired) electrons. The first kappa shape index (κ1) is 91.2. The van der Waals surface area contributed by atoms with E-state index in [-0.39, 0.29) is 76.1 Å². The molecule has 0 saturated carbocycles. The molecular formula is C101H94N2O26. The molecule has 0 aromatic heterocycles. The van der Waals surface area contributed by atoms with Crippen LogP contribution in [0.4, 0.5) is 11.4 Å². The van der Waals surface area contributed by atoms with Crippen molar-refractivity contribution in [2.75, 3.05) is 75.9 Å². The molecule has 664 valence electrons. The number of ether oxygens (including phenoxy) is 16. The van der Waals surface area contributed by atoms with E-state index in [1.165, 1.54) is 116 Å². The molecule has 129 heavy (non-hydrogen) atoms. The molecule has 3 saturated heterocycles. The summed E-state index contributed by atoms with van der Waals surface area (Å²) in [5.74, 6) is -8.54. The standard InChI is InChI=1S/C101H94N2O26/c1-67(117-63-82-87(125-96(109)72-43-21-6-22-44-72)84(104)89(127-98(111)74-47-25-8-26-48-74)101(123-82)116-60-59-114-65-83-102(77-53-31-11-32-54-77)57-58-103(83)78-55-33-12-34-56-78)85-90(128-99(112)75-49-27-9-28-50-75)91(129-100(113)76-51-29-10-30-52-76)88(126-97(110)73-45-23-7-24-46-73)80(121-85)61-115-66-120-79(62-118-92(105)68-35-13-2-14-36-68)86(124-95(108)71-41-19-5-20-42-71)81(122-94(107)70-39-17-4-18-40-70)64-119-93(106)69-37-15-3-16-38-69/h2-56,67,79-91,101,104H,57-66H2,1H3/t67?,79-,80-,81-,82-,84+,85+,86-,87-,88-,89-,90+,91+,101-/m1/s1. The first-order chi connectivity index (χ1) is 63.1. The van der Waals surface area contributed by atoms with E-state index in [2.05, 4.69) is 9.80 Å². The fourth-order valence-electron chi connectivity index (χ4n) is 14.9. The molecule has 1 N–H and O–H groups in total. The van der Waals surface area contributed by atoms with Crippen LogP contribution in [0.5, 0.6) is 0 Å². The smallest absolute Gasteiger partial charge is 0.338 e. The summed E-state index contributed by atoms with van der Waals surface area (Å²) >= 11 is 0. The van der Waals surface area contributed by atoms with Gasteiger partial charge in [-0.3, -0.25) is 0 Å². The maximum atomic E-state index is 15.0. The minimum Gasteiger partial charge on any atom is -0.459 e. The molecule has 14 rings (SSSR count). The number of anilines is 2. The fourth-order valence-corrected chi connectivity index (χ4v) is 14.9. The van der Waals surface area contributed by atoms with E-state index >= 15 is 4.79 Å². The summed E-state index contributed by atoms with van der Waals surface area (Å²) in [7, 11) is 0. The molecule has 0 bridgehead atoms. The zero-order valence-electron chi connectivity index (χ0n) is 70.0. The van der Waals surface area contributed by atoms with Crippen LogP contribution in [0.1, 0.15) is 100 Å². The van der Waals surface area contributed by atoms with Crippen LogP contribution in [0.2, 0.25) is 0 Å². The Labute approximate surface area is 743 Å². The van der Waals surface area contributed by atoms with E-state index in [0.717, 1.165) is 11.4 Å². The second kappa shape index (κ2) is 45.9. The van der Waals surface area contributed by atoms with Crippen LogP contribution >= 0.6 is 0 Å². The van der Waals surface area contributed by atoms with Gasteiger partial charge in [-0.15, -0.1) is 0 Å². The van der Waals surface area contributed by atoms with Crippen molar-refractivity contribution >= 4 is 65.1 Å². The average molecular weight is 1750 g/mol. The van der Waals surface area contributed by atoms with Crippen LogP contribution < -0.4 is 9.80 Å². The summed E-state index contributed by atoms with van der Waals surface area (Å²) in [6.45, 7) is -1.14. The molecule has 3 aliphatic heterocycles. The van der Waals surface area contributed by atoms with Gasteiger partial charge in [-0.2, -0.15) is 0 Å². The van der Waals surface area contributed by atoms with Crippen molar-refractivity contribution < 1.29 is 124 Å². The van der Waals surface area contributed by atoms with Crippen LogP contribution in [0.25, 0.3) is 0 Å². The average Bonchev–Trinajstić information content (AvgIpc) is 1.21. The van der Waals surface area contributed by atoms with E-state index in [9.17, 15) is 43.5 Å². The van der Waals surface area contributed by atoms with Crippen molar-refractivity contribution in [2.45, 2.75) is 98.7 Å². The van der Waals surface area contributed by atoms with Gasteiger partial charge in [-0.25, -0.2) is 43.2 Å². The van der Waals surface area contributed by atoms with Crippen molar-refractivity contribution in [3.63, 3.8) is 0 Å². The van der Waals surface area contributed by atoms with Gasteiger partial charge < -0.3 is 90.7 Å². The van der Waals surface area contributed by atoms with Gasteiger partial charge in [-0.1, -0.05) is 200 Å². The number of benzene rings is 11. The van der Waals surface area contributed by atoms with Crippen LogP contribution in [-0.4, -0.2) is 217 Å². The predicted octanol–water partition coefficient (Wildman–Crippen LogP) is 13.3. The number of carbonyl (C=O) groups excluding carboxylic acids is 9. The zero-order valence-corrected chi connectivity index (χ0v) is 70.0. The quantitative estimate of drug-likeness (QED) is 0.0162. The van der Waals surface area contributed by atoms with Crippen LogP contribution in [-0.2, 0) is 75.8 Å². The summed E-state index contributed by atoms with van der Waals surface area (Å²) in [5.41, 5.74) is 2.36. The molecule has 3 aliphatic rings. The Kier molecular flexibility index (Phi) is 32.4. The Hall–Kier alpha value is -14.1. The summed E-state index contributed by atoms with van der Waals surface area (Å²) in [4.78, 5) is 135. The van der Waals surface area contributed by atoms with E-state index < -0.39 is 173 Å². The minimum absolute atomic E-state index is 0.00439. The van der Waals surface area contributed by atoms with Crippen LogP contribution in [0.15, 0.2) is 334 Å². The maximum Gasteiger partial charge on any atom is 0.338 e. The van der Waals surface area contributed by atoms with Gasteiger partial charge in [0.25, 0.3) is 0 Å². The van der Waals surface area contributed by atoms with Gasteiger partial charge >= 0.3 is 53.7 Å². The molecule has 3 heterocycles. The van der Waals surface area contributed by atoms with Gasteiger partial charge in [0, 0.05) is 24.5 Å². The molecule has 28 nitrogen and oxygen atoms in total. The molecule has 11 aromatic carbocycles. The molecular weight excluding hydrogens is 1660 g/mol. The zero-order chi connectivity index (χ0) is 89.6. The van der Waals surface area contributed by atoms with Crippen LogP contribution in [0, 0.1) is 0 Å². The first-order valence-corrected chi connectivity index (χ1v) is 42.0. The Bertz CT molecular complexity index is 5370. The van der Waals surface area contributed by atoms with Crippen molar-refractivity contribution in [1.82, 2.24) is 0 Å². The lowest BCUT2D eigenvalue weighted by Crippen LogP contribution is -2.65. The van der Waals surface area contributed by atoms with Gasteiger partial charge in [0.2, 0.25) is 0 Å². The van der Waals surface area contributed by atoms with Crippen molar-refractivity contribution in [3.05, 3.63) is 384 Å². The summed E-state index contributed by atoms with van der Waals surface area (Å²) in [6, 6.07) is 90.2. The van der Waals surface area contributed by atoms with Gasteiger partial charge in [-0.05, 0) is 140 Å². The molecule has 28 heteroatoms. The van der Waals surface area contributed by atoms with Gasteiger partial charge in [0.05, 0.1) is 89.2 Å². The Balaban J connectivity index is 0.806. The third-order valence-electron chi connectivity index (χ3n) is 21.5. The number of carbonyl (C=O) groups is 9. The third-order valence-corrected chi connectivity index (χ3v) is 21.5. The summed E-state index contributed by atoms with van der Waals surface area (Å²) in [6.07, 6.45) is -24.7. The third kappa shape index (κ3) is 24.6. The molecule has 0 spiro atoms. The Morgan fingerprint density at radius 1 is 0.333 bits per heavy atom. The monoisotopic (exact) mass is 1750 g/mol. The Morgan fingerprint density at radius 2 is 0.667 bits per heavy atom. The molecule has 0 amide bonds. The minimum atomic E-state index is -1.95. The topological polar surface area (TPSA) is 328 Å². The van der Waals surface area contributed by atoms with E-state index in [0.29, 0.717) is 13.1 Å². The highest BCUT2D eigenvalue weighted by molar-refractivity contribution is 5.94. The number of hydrogen-bond donors (Lipinski definition) is 1. The van der Waals surface area contributed by atoms with Crippen molar-refractivity contribution in [2.24, 2.45) is 0 Å². The Morgan fingerprint density at radius 3 is 1.08 bits per heavy atom. The van der Waals surface area contributed by atoms with Gasteiger partial charge in [0.15, 0.2) is 49.0 Å². The maximum absolute atomic E-state index is 15.0. The largest absolute Gasteiger partial charge is 0.459 e. The summed E-state index contributed by atoms with van der Waals surface area (Å²) in [5, 5.41) is 12.9. The number of esters is 9. The lowest BCUT2D eigenvalue weighted by molar-refractivity contribution is -0.307. The SMILES string of the molecule is CC(OC[C@H]1O[C@@H](OCCOCC2N(c3ccccc3)CCN2c2ccccc2)[C@H](OC(=O)c2ccccc2)[C@@H](O)[C@@H]1OC(=O)c1ccccc1)[C@@H]1O[C@H](COCO[C@H](COC(=O)c2ccccc2)[C@@H](OC(=O)c2ccccc2)[C@@H](COC(=O)c2ccccc2)OC(=O)c2ccccc2)[C@@H](OC(=O)c2ccccc2)[C@H](OC(=O)c2ccccc2)[C@H]1OC(=O)c1ccccc1. The lowest BCUT2D eigenvalue weighted by atomic mass is 9.91.